The highest BCUT2D eigenvalue weighted by molar-refractivity contribution is 6.06. The van der Waals surface area contributed by atoms with E-state index < -0.39 is 6.29 Å². The Balaban J connectivity index is 1.44. The number of ketones is 1. The van der Waals surface area contributed by atoms with Crippen molar-refractivity contribution in [2.24, 2.45) is 0 Å². The lowest BCUT2D eigenvalue weighted by molar-refractivity contribution is -0.261. The summed E-state index contributed by atoms with van der Waals surface area (Å²) in [5.74, 6) is 0.878. The number of benzene rings is 1. The van der Waals surface area contributed by atoms with Crippen molar-refractivity contribution >= 4 is 5.78 Å². The number of ether oxygens (including phenoxy) is 4. The number of hydrogen-bond donors (Lipinski definition) is 0. The van der Waals surface area contributed by atoms with Crippen LogP contribution < -0.4 is 4.74 Å². The summed E-state index contributed by atoms with van der Waals surface area (Å²) in [5, 5.41) is 0. The van der Waals surface area contributed by atoms with Gasteiger partial charge < -0.3 is 18.9 Å². The number of fused-ring (bicyclic) bond motifs is 1. The number of nitrogens with zero attached hydrogens (tertiary/aromatic N) is 1. The summed E-state index contributed by atoms with van der Waals surface area (Å²) in [6.45, 7) is 2.28. The molecule has 6 heteroatoms. The Morgan fingerprint density at radius 3 is 2.74 bits per heavy atom. The van der Waals surface area contributed by atoms with Gasteiger partial charge in [0.1, 0.15) is 23.7 Å². The van der Waals surface area contributed by atoms with Crippen LogP contribution in [-0.2, 0) is 14.2 Å². The Morgan fingerprint density at radius 2 is 2.00 bits per heavy atom. The maximum Gasteiger partial charge on any atom is 0.245 e. The summed E-state index contributed by atoms with van der Waals surface area (Å²) in [5.41, 5.74) is 2.28. The topological polar surface area (TPSA) is 66.9 Å². The van der Waals surface area contributed by atoms with Crippen LogP contribution >= 0.6 is 0 Å². The lowest BCUT2D eigenvalue weighted by atomic mass is 10.0. The van der Waals surface area contributed by atoms with Crippen LogP contribution in [0.15, 0.2) is 54.4 Å². The third-order valence-electron chi connectivity index (χ3n) is 4.70. The lowest BCUT2D eigenvalue weighted by Crippen LogP contribution is -2.44. The lowest BCUT2D eigenvalue weighted by Gasteiger charge is -2.38. The highest BCUT2D eigenvalue weighted by atomic mass is 16.7. The van der Waals surface area contributed by atoms with Crippen LogP contribution in [0.3, 0.4) is 0 Å². The molecule has 1 fully saturated rings. The maximum atomic E-state index is 12.6. The number of aromatic nitrogens is 1. The number of carbonyl (C=O) groups is 1. The normalized spacial score (nSPS) is 24.4. The predicted molar refractivity (Wildman–Crippen MR) is 97.4 cm³/mol. The third kappa shape index (κ3) is 3.72. The highest BCUT2D eigenvalue weighted by Gasteiger charge is 2.38. The van der Waals surface area contributed by atoms with Crippen LogP contribution in [0, 0.1) is 6.92 Å². The van der Waals surface area contributed by atoms with E-state index in [1.807, 2.05) is 37.3 Å². The van der Waals surface area contributed by atoms with E-state index in [1.165, 1.54) is 0 Å². The van der Waals surface area contributed by atoms with E-state index >= 15 is 0 Å². The smallest absolute Gasteiger partial charge is 0.245 e. The number of rotatable bonds is 4. The van der Waals surface area contributed by atoms with Crippen molar-refractivity contribution in [1.29, 1.82) is 0 Å². The standard InChI is InChI=1S/C21H21NO5/c1-13-9-10-22-16(11-13)20(23)18-8-7-17-19(26-18)12-25-21(27-17)14-3-5-15(24-2)6-4-14/h3-6,8-11,17,19,21H,7,12H2,1-2H3/t17-,19+,21?/m0/s1. The van der Waals surface area contributed by atoms with E-state index in [-0.39, 0.29) is 18.0 Å². The second-order valence-corrected chi connectivity index (χ2v) is 6.62. The molecule has 1 saturated heterocycles. The Kier molecular flexibility index (Phi) is 4.92. The van der Waals surface area contributed by atoms with Crippen molar-refractivity contribution in [2.75, 3.05) is 13.7 Å². The van der Waals surface area contributed by atoms with Gasteiger partial charge >= 0.3 is 0 Å². The van der Waals surface area contributed by atoms with Crippen molar-refractivity contribution in [3.05, 3.63) is 71.3 Å². The first kappa shape index (κ1) is 17.7. The maximum absolute atomic E-state index is 12.6. The molecule has 6 nitrogen and oxygen atoms in total. The number of carbonyl (C=O) groups excluding carboxylic acids is 1. The predicted octanol–water partition coefficient (Wildman–Crippen LogP) is 3.37. The Labute approximate surface area is 157 Å². The summed E-state index contributed by atoms with van der Waals surface area (Å²) in [4.78, 5) is 16.8. The minimum absolute atomic E-state index is 0.159. The minimum Gasteiger partial charge on any atom is -0.497 e. The molecule has 0 bridgehead atoms. The monoisotopic (exact) mass is 367 g/mol. The molecule has 3 atom stereocenters. The van der Waals surface area contributed by atoms with E-state index in [2.05, 4.69) is 4.98 Å². The molecule has 0 saturated carbocycles. The van der Waals surface area contributed by atoms with Crippen molar-refractivity contribution in [3.8, 4) is 5.75 Å². The van der Waals surface area contributed by atoms with Gasteiger partial charge in [-0.3, -0.25) is 9.78 Å². The molecule has 0 spiro atoms. The van der Waals surface area contributed by atoms with Gasteiger partial charge in [-0.05, 0) is 49.2 Å². The average Bonchev–Trinajstić information content (AvgIpc) is 2.72. The van der Waals surface area contributed by atoms with Crippen molar-refractivity contribution in [1.82, 2.24) is 4.98 Å². The van der Waals surface area contributed by atoms with E-state index in [9.17, 15) is 4.79 Å². The van der Waals surface area contributed by atoms with Gasteiger partial charge in [0.25, 0.3) is 0 Å². The zero-order valence-corrected chi connectivity index (χ0v) is 15.3. The molecule has 1 unspecified atom stereocenters. The Bertz CT molecular complexity index is 861. The molecule has 0 N–H and O–H groups in total. The van der Waals surface area contributed by atoms with Crippen molar-refractivity contribution in [3.63, 3.8) is 0 Å². The first-order valence-corrected chi connectivity index (χ1v) is 8.89. The van der Waals surface area contributed by atoms with Crippen LogP contribution in [0.4, 0.5) is 0 Å². The second kappa shape index (κ2) is 7.50. The molecule has 2 aliphatic rings. The van der Waals surface area contributed by atoms with E-state index in [0.29, 0.717) is 24.5 Å². The van der Waals surface area contributed by atoms with Crippen LogP contribution in [-0.4, -0.2) is 36.7 Å². The molecule has 3 heterocycles. The molecular weight excluding hydrogens is 346 g/mol. The summed E-state index contributed by atoms with van der Waals surface area (Å²) in [6.07, 6.45) is 3.07. The summed E-state index contributed by atoms with van der Waals surface area (Å²) in [6, 6.07) is 11.2. The molecule has 2 aliphatic heterocycles. The molecule has 1 aromatic heterocycles. The van der Waals surface area contributed by atoms with Crippen molar-refractivity contribution < 1.29 is 23.7 Å². The fourth-order valence-corrected chi connectivity index (χ4v) is 3.20. The van der Waals surface area contributed by atoms with Crippen molar-refractivity contribution in [2.45, 2.75) is 31.8 Å². The van der Waals surface area contributed by atoms with E-state index in [4.69, 9.17) is 18.9 Å². The molecule has 1 aromatic carbocycles. The first-order valence-electron chi connectivity index (χ1n) is 8.89. The summed E-state index contributed by atoms with van der Waals surface area (Å²) < 4.78 is 22.9. The minimum atomic E-state index is -0.454. The Hall–Kier alpha value is -2.70. The fraction of sp³-hybridized carbons (Fsp3) is 0.333. The average molecular weight is 367 g/mol. The third-order valence-corrected chi connectivity index (χ3v) is 4.70. The number of hydrogen-bond acceptors (Lipinski definition) is 6. The van der Waals surface area contributed by atoms with Crippen LogP contribution in [0.5, 0.6) is 5.75 Å². The Morgan fingerprint density at radius 1 is 1.19 bits per heavy atom. The van der Waals surface area contributed by atoms with Crippen LogP contribution in [0.2, 0.25) is 0 Å². The zero-order chi connectivity index (χ0) is 18.8. The molecule has 140 valence electrons. The number of Topliss-reactive ketones (excluding diaryl/α,β-unsaturated/α-hetero) is 1. The van der Waals surface area contributed by atoms with Gasteiger partial charge in [-0.1, -0.05) is 12.1 Å². The number of methoxy groups -OCH3 is 1. The largest absolute Gasteiger partial charge is 0.497 e. The van der Waals surface area contributed by atoms with Crippen LogP contribution in [0.1, 0.15) is 34.3 Å². The quantitative estimate of drug-likeness (QED) is 0.772. The zero-order valence-electron chi connectivity index (χ0n) is 15.3. The molecular formula is C21H21NO5. The molecule has 0 radical (unpaired) electrons. The molecule has 4 rings (SSSR count). The summed E-state index contributed by atoms with van der Waals surface area (Å²) in [7, 11) is 1.63. The molecule has 2 aromatic rings. The summed E-state index contributed by atoms with van der Waals surface area (Å²) >= 11 is 0. The molecule has 27 heavy (non-hydrogen) atoms. The fourth-order valence-electron chi connectivity index (χ4n) is 3.20. The molecule has 0 aliphatic carbocycles. The molecule has 0 amide bonds. The number of allylic oxidation sites excluding steroid dienone is 1. The van der Waals surface area contributed by atoms with Gasteiger partial charge in [0.15, 0.2) is 12.0 Å². The SMILES string of the molecule is COc1ccc(C2OC[C@H]3OC(C(=O)c4cc(C)ccn4)=CC[C@@H]3O2)cc1. The van der Waals surface area contributed by atoms with Gasteiger partial charge in [0.05, 0.1) is 13.7 Å². The van der Waals surface area contributed by atoms with Crippen LogP contribution in [0.25, 0.3) is 0 Å². The van der Waals surface area contributed by atoms with Gasteiger partial charge in [0.2, 0.25) is 5.78 Å². The highest BCUT2D eigenvalue weighted by Crippen LogP contribution is 2.33. The van der Waals surface area contributed by atoms with Gasteiger partial charge in [0, 0.05) is 11.8 Å². The number of pyridine rings is 1. The first-order chi connectivity index (χ1) is 13.1. The second-order valence-electron chi connectivity index (χ2n) is 6.62. The van der Waals surface area contributed by atoms with E-state index in [1.54, 1.807) is 25.4 Å². The van der Waals surface area contributed by atoms with Gasteiger partial charge in [-0.25, -0.2) is 0 Å². The number of aryl methyl sites for hydroxylation is 1. The van der Waals surface area contributed by atoms with E-state index in [0.717, 1.165) is 16.9 Å². The van der Waals surface area contributed by atoms with Gasteiger partial charge in [-0.2, -0.15) is 0 Å². The van der Waals surface area contributed by atoms with Gasteiger partial charge in [-0.15, -0.1) is 0 Å².